The Balaban J connectivity index is 1.29. The molecule has 0 radical (unpaired) electrons. The molecule has 7 heteroatoms. The van der Waals surface area contributed by atoms with Crippen LogP contribution in [-0.2, 0) is 0 Å². The Morgan fingerprint density at radius 3 is 1.39 bits per heavy atom. The fourth-order valence-corrected chi connectivity index (χ4v) is 7.31. The minimum absolute atomic E-state index is 0.394. The molecular formula is C49H29N7. The first kappa shape index (κ1) is 32.7. The molecule has 3 heterocycles. The minimum atomic E-state index is 0.394. The third kappa shape index (κ3) is 5.70. The first-order chi connectivity index (χ1) is 27.7. The molecule has 0 saturated heterocycles. The highest BCUT2D eigenvalue weighted by molar-refractivity contribution is 6.24. The Morgan fingerprint density at radius 1 is 0.357 bits per heavy atom. The second-order valence-electron chi connectivity index (χ2n) is 13.3. The number of benzene rings is 7. The van der Waals surface area contributed by atoms with Gasteiger partial charge in [0.05, 0.1) is 40.2 Å². The first-order valence-electron chi connectivity index (χ1n) is 18.3. The molecule has 0 aliphatic rings. The van der Waals surface area contributed by atoms with Crippen molar-refractivity contribution in [1.82, 2.24) is 29.9 Å². The van der Waals surface area contributed by atoms with Crippen LogP contribution in [-0.4, -0.2) is 29.9 Å². The third-order valence-electron chi connectivity index (χ3n) is 9.92. The molecule has 0 amide bonds. The quantitative estimate of drug-likeness (QED) is 0.126. The van der Waals surface area contributed by atoms with Crippen molar-refractivity contribution in [2.24, 2.45) is 0 Å². The van der Waals surface area contributed by atoms with E-state index in [-0.39, 0.29) is 0 Å². The molecule has 0 saturated carbocycles. The normalized spacial score (nSPS) is 11.2. The number of para-hydroxylation sites is 1. The van der Waals surface area contributed by atoms with Crippen molar-refractivity contribution in [2.45, 2.75) is 0 Å². The molecule has 0 atom stereocenters. The average Bonchev–Trinajstić information content (AvgIpc) is 3.29. The maximum absolute atomic E-state index is 8.43. The highest BCUT2D eigenvalue weighted by atomic mass is 15.0. The minimum Gasteiger partial charge on any atom is -0.255 e. The van der Waals surface area contributed by atoms with Gasteiger partial charge in [-0.15, -0.1) is 0 Å². The fraction of sp³-hybridized carbons (Fsp3) is 0. The first-order valence-corrected chi connectivity index (χ1v) is 18.3. The summed E-state index contributed by atoms with van der Waals surface area (Å²) in [5.74, 6) is 1.65. The Labute approximate surface area is 322 Å². The molecule has 0 spiro atoms. The fourth-order valence-electron chi connectivity index (χ4n) is 7.31. The van der Waals surface area contributed by atoms with Crippen LogP contribution >= 0.6 is 0 Å². The molecule has 0 N–H and O–H groups in total. The summed E-state index contributed by atoms with van der Waals surface area (Å²) in [6.45, 7) is 8.43. The van der Waals surface area contributed by atoms with Crippen LogP contribution in [0.4, 0.5) is 5.69 Å². The number of hydrogen-bond acceptors (Lipinski definition) is 6. The van der Waals surface area contributed by atoms with Crippen molar-refractivity contribution >= 4 is 38.4 Å². The standard InChI is InChI=1S/C49H29N7/c1-50-40-30-38-41(46-45(40)52-42(31-18-6-2-7-19-31)43(53-46)32-20-8-3-9-21-32)37-28-16-17-29-39(37)51-44(38)35-26-14-15-27-36(35)49-55-47(33-22-10-4-11-23-33)54-48(56-49)34-24-12-5-13-25-34/h2-30H. The lowest BCUT2D eigenvalue weighted by Crippen LogP contribution is -2.02. The molecule has 7 nitrogen and oxygen atoms in total. The van der Waals surface area contributed by atoms with Crippen molar-refractivity contribution in [2.75, 3.05) is 0 Å². The Morgan fingerprint density at radius 2 is 0.821 bits per heavy atom. The molecule has 0 aliphatic heterocycles. The maximum atomic E-state index is 8.43. The van der Waals surface area contributed by atoms with Crippen LogP contribution < -0.4 is 0 Å². The SMILES string of the molecule is [C-]#[N+]c1cc2c(-c3ccccc3-c3nc(-c4ccccc4)nc(-c4ccccc4)n3)nc3ccccc3c2c2nc(-c3ccccc3)c(-c3ccccc3)nc12. The van der Waals surface area contributed by atoms with Gasteiger partial charge < -0.3 is 0 Å². The summed E-state index contributed by atoms with van der Waals surface area (Å²) in [6, 6.07) is 58.1. The molecule has 10 rings (SSSR count). The van der Waals surface area contributed by atoms with Gasteiger partial charge >= 0.3 is 0 Å². The Hall–Kier alpha value is -7.95. The van der Waals surface area contributed by atoms with Gasteiger partial charge in [0.15, 0.2) is 17.5 Å². The molecule has 0 aliphatic carbocycles. The van der Waals surface area contributed by atoms with Crippen molar-refractivity contribution in [3.05, 3.63) is 187 Å². The average molecular weight is 716 g/mol. The lowest BCUT2D eigenvalue weighted by atomic mass is 9.94. The van der Waals surface area contributed by atoms with E-state index in [1.165, 1.54) is 0 Å². The molecule has 3 aromatic heterocycles. The smallest absolute Gasteiger partial charge is 0.215 e. The zero-order valence-corrected chi connectivity index (χ0v) is 29.9. The van der Waals surface area contributed by atoms with Gasteiger partial charge in [-0.25, -0.2) is 29.8 Å². The van der Waals surface area contributed by atoms with Crippen molar-refractivity contribution in [3.63, 3.8) is 0 Å². The lowest BCUT2D eigenvalue weighted by Gasteiger charge is -2.17. The van der Waals surface area contributed by atoms with Gasteiger partial charge in [0.25, 0.3) is 0 Å². The highest BCUT2D eigenvalue weighted by Gasteiger charge is 2.23. The van der Waals surface area contributed by atoms with Crippen molar-refractivity contribution in [1.29, 1.82) is 0 Å². The number of fused-ring (bicyclic) bond motifs is 5. The molecule has 260 valence electrons. The Bertz CT molecular complexity index is 3070. The number of rotatable bonds is 6. The van der Waals surface area contributed by atoms with Crippen LogP contribution in [0.15, 0.2) is 176 Å². The molecule has 10 aromatic rings. The summed E-state index contributed by atoms with van der Waals surface area (Å²) in [6.07, 6.45) is 0. The van der Waals surface area contributed by atoms with E-state index in [1.54, 1.807) is 0 Å². The van der Waals surface area contributed by atoms with E-state index in [9.17, 15) is 0 Å². The Kier molecular flexibility index (Phi) is 8.05. The predicted molar refractivity (Wildman–Crippen MR) is 225 cm³/mol. The van der Waals surface area contributed by atoms with Crippen LogP contribution in [0, 0.1) is 6.57 Å². The summed E-state index contributed by atoms with van der Waals surface area (Å²) in [4.78, 5) is 35.2. The summed E-state index contributed by atoms with van der Waals surface area (Å²) < 4.78 is 0. The van der Waals surface area contributed by atoms with Gasteiger partial charge in [0.2, 0.25) is 5.69 Å². The van der Waals surface area contributed by atoms with Crippen LogP contribution in [0.25, 0.3) is 105 Å². The zero-order chi connectivity index (χ0) is 37.4. The largest absolute Gasteiger partial charge is 0.255 e. The molecule has 0 unspecified atom stereocenters. The zero-order valence-electron chi connectivity index (χ0n) is 29.9. The number of nitrogens with zero attached hydrogens (tertiary/aromatic N) is 7. The topological polar surface area (TPSA) is 81.7 Å². The predicted octanol–water partition coefficient (Wildman–Crippen LogP) is 12.1. The van der Waals surface area contributed by atoms with Crippen LogP contribution in [0.5, 0.6) is 0 Å². The molecule has 0 fully saturated rings. The monoisotopic (exact) mass is 715 g/mol. The van der Waals surface area contributed by atoms with E-state index in [1.807, 2.05) is 170 Å². The summed E-state index contributed by atoms with van der Waals surface area (Å²) >= 11 is 0. The van der Waals surface area contributed by atoms with E-state index in [2.05, 4.69) is 10.9 Å². The second kappa shape index (κ2) is 13.8. The molecular weight excluding hydrogens is 687 g/mol. The van der Waals surface area contributed by atoms with E-state index >= 15 is 0 Å². The van der Waals surface area contributed by atoms with E-state index in [4.69, 9.17) is 36.5 Å². The molecule has 56 heavy (non-hydrogen) atoms. The van der Waals surface area contributed by atoms with Gasteiger partial charge in [0.1, 0.15) is 0 Å². The van der Waals surface area contributed by atoms with E-state index < -0.39 is 0 Å². The highest BCUT2D eigenvalue weighted by Crippen LogP contribution is 2.44. The van der Waals surface area contributed by atoms with Crippen LogP contribution in [0.3, 0.4) is 0 Å². The van der Waals surface area contributed by atoms with Gasteiger partial charge in [0, 0.05) is 49.5 Å². The summed E-state index contributed by atoms with van der Waals surface area (Å²) in [7, 11) is 0. The van der Waals surface area contributed by atoms with Crippen molar-refractivity contribution in [3.8, 4) is 67.9 Å². The number of aromatic nitrogens is 6. The van der Waals surface area contributed by atoms with Crippen molar-refractivity contribution < 1.29 is 0 Å². The summed E-state index contributed by atoms with van der Waals surface area (Å²) in [5.41, 5.74) is 9.75. The van der Waals surface area contributed by atoms with Crippen LogP contribution in [0.1, 0.15) is 0 Å². The summed E-state index contributed by atoms with van der Waals surface area (Å²) in [5, 5.41) is 2.58. The van der Waals surface area contributed by atoms with E-state index in [0.717, 1.165) is 66.4 Å². The maximum Gasteiger partial charge on any atom is 0.215 e. The van der Waals surface area contributed by atoms with E-state index in [0.29, 0.717) is 39.9 Å². The van der Waals surface area contributed by atoms with Gasteiger partial charge in [-0.05, 0) is 12.1 Å². The number of hydrogen-bond donors (Lipinski definition) is 0. The number of pyridine rings is 1. The molecule has 7 aromatic carbocycles. The van der Waals surface area contributed by atoms with Gasteiger partial charge in [-0.1, -0.05) is 164 Å². The molecule has 0 bridgehead atoms. The lowest BCUT2D eigenvalue weighted by molar-refractivity contribution is 1.07. The van der Waals surface area contributed by atoms with Crippen LogP contribution in [0.2, 0.25) is 0 Å². The second-order valence-corrected chi connectivity index (χ2v) is 13.3. The third-order valence-corrected chi connectivity index (χ3v) is 9.92. The van der Waals surface area contributed by atoms with Gasteiger partial charge in [-0.2, -0.15) is 0 Å². The van der Waals surface area contributed by atoms with Gasteiger partial charge in [-0.3, -0.25) is 4.98 Å².